The fourth-order valence-electron chi connectivity index (χ4n) is 2.86. The lowest BCUT2D eigenvalue weighted by molar-refractivity contribution is -0.144. The minimum atomic E-state index is -0.664. The first-order valence-electron chi connectivity index (χ1n) is 6.77. The Morgan fingerprint density at radius 1 is 1.50 bits per heavy atom. The van der Waals surface area contributed by atoms with Crippen LogP contribution in [0, 0.1) is 11.8 Å². The zero-order valence-electron chi connectivity index (χ0n) is 11.8. The van der Waals surface area contributed by atoms with E-state index in [1.165, 1.54) is 10.5 Å². The number of carboxylic acids is 1. The molecule has 2 unspecified atom stereocenters. The molecule has 1 saturated heterocycles. The topological polar surface area (TPSA) is 40.5 Å². The van der Waals surface area contributed by atoms with Gasteiger partial charge in [0.05, 0.1) is 5.92 Å². The number of rotatable bonds is 4. The Hall–Kier alpha value is -0.520. The number of likely N-dealkylation sites (tertiary alicyclic amines) is 1. The van der Waals surface area contributed by atoms with Crippen LogP contribution in [-0.4, -0.2) is 35.3 Å². The number of thioether (sulfide) groups is 1. The van der Waals surface area contributed by atoms with Gasteiger partial charge in [-0.15, -0.1) is 11.8 Å². The van der Waals surface area contributed by atoms with Crippen LogP contribution in [0.25, 0.3) is 0 Å². The number of carbonyl (C=O) groups is 1. The third-order valence-corrected chi connectivity index (χ3v) is 5.04. The molecule has 1 aromatic rings. The maximum atomic E-state index is 11.2. The van der Waals surface area contributed by atoms with Gasteiger partial charge in [-0.25, -0.2) is 0 Å². The maximum absolute atomic E-state index is 11.2. The predicted octanol–water partition coefficient (Wildman–Crippen LogP) is 3.71. The number of aliphatic carboxylic acids is 1. The quantitative estimate of drug-likeness (QED) is 0.833. The smallest absolute Gasteiger partial charge is 0.307 e. The Balaban J connectivity index is 2.11. The van der Waals surface area contributed by atoms with Gasteiger partial charge in [0.15, 0.2) is 0 Å². The van der Waals surface area contributed by atoms with Crippen molar-refractivity contribution in [1.82, 2.24) is 4.90 Å². The van der Waals surface area contributed by atoms with Gasteiger partial charge in [0.1, 0.15) is 0 Å². The van der Waals surface area contributed by atoms with Crippen LogP contribution in [0.15, 0.2) is 27.6 Å². The van der Waals surface area contributed by atoms with Crippen LogP contribution in [-0.2, 0) is 11.3 Å². The second kappa shape index (κ2) is 6.96. The SMILES string of the molecule is CSc1cc(Br)ccc1CN1CC(C)CC(C(=O)O)C1. The van der Waals surface area contributed by atoms with Gasteiger partial charge in [0, 0.05) is 29.0 Å². The number of nitrogens with zero attached hydrogens (tertiary/aromatic N) is 1. The summed E-state index contributed by atoms with van der Waals surface area (Å²) < 4.78 is 1.08. The highest BCUT2D eigenvalue weighted by molar-refractivity contribution is 9.10. The molecule has 2 atom stereocenters. The first-order chi connectivity index (χ1) is 9.49. The number of piperidine rings is 1. The summed E-state index contributed by atoms with van der Waals surface area (Å²) in [4.78, 5) is 14.8. The van der Waals surface area contributed by atoms with Crippen LogP contribution < -0.4 is 0 Å². The van der Waals surface area contributed by atoms with Gasteiger partial charge >= 0.3 is 5.97 Å². The molecule has 0 bridgehead atoms. The Morgan fingerprint density at radius 2 is 2.25 bits per heavy atom. The van der Waals surface area contributed by atoms with Gasteiger partial charge in [-0.2, -0.15) is 0 Å². The highest BCUT2D eigenvalue weighted by atomic mass is 79.9. The van der Waals surface area contributed by atoms with E-state index in [0.717, 1.165) is 24.0 Å². The van der Waals surface area contributed by atoms with Crippen molar-refractivity contribution in [2.45, 2.75) is 24.8 Å². The molecular formula is C15H20BrNO2S. The summed E-state index contributed by atoms with van der Waals surface area (Å²) in [7, 11) is 0. The summed E-state index contributed by atoms with van der Waals surface area (Å²) in [6.45, 7) is 4.61. The molecule has 1 heterocycles. The fourth-order valence-corrected chi connectivity index (χ4v) is 4.01. The van der Waals surface area contributed by atoms with E-state index in [0.29, 0.717) is 12.5 Å². The second-order valence-electron chi connectivity index (χ2n) is 5.53. The van der Waals surface area contributed by atoms with Crippen molar-refractivity contribution >= 4 is 33.7 Å². The normalized spacial score (nSPS) is 23.8. The zero-order valence-corrected chi connectivity index (χ0v) is 14.2. The first-order valence-corrected chi connectivity index (χ1v) is 8.79. The lowest BCUT2D eigenvalue weighted by Gasteiger charge is -2.35. The van der Waals surface area contributed by atoms with Gasteiger partial charge in [0.2, 0.25) is 0 Å². The van der Waals surface area contributed by atoms with Crippen LogP contribution in [0.5, 0.6) is 0 Å². The first kappa shape index (κ1) is 15.9. The predicted molar refractivity (Wildman–Crippen MR) is 86.1 cm³/mol. The summed E-state index contributed by atoms with van der Waals surface area (Å²) in [5.74, 6) is -0.451. The molecular weight excluding hydrogens is 338 g/mol. The summed E-state index contributed by atoms with van der Waals surface area (Å²) in [5, 5.41) is 9.24. The summed E-state index contributed by atoms with van der Waals surface area (Å²) in [6.07, 6.45) is 2.87. The van der Waals surface area contributed by atoms with Crippen LogP contribution in [0.3, 0.4) is 0 Å². The van der Waals surface area contributed by atoms with E-state index in [9.17, 15) is 9.90 Å². The van der Waals surface area contributed by atoms with E-state index in [-0.39, 0.29) is 5.92 Å². The van der Waals surface area contributed by atoms with Crippen molar-refractivity contribution in [1.29, 1.82) is 0 Å². The van der Waals surface area contributed by atoms with Crippen LogP contribution >= 0.6 is 27.7 Å². The average Bonchev–Trinajstić information content (AvgIpc) is 2.40. The molecule has 1 aromatic carbocycles. The maximum Gasteiger partial charge on any atom is 0.307 e. The lowest BCUT2D eigenvalue weighted by atomic mass is 9.90. The van der Waals surface area contributed by atoms with Gasteiger partial charge in [0.25, 0.3) is 0 Å². The summed E-state index contributed by atoms with van der Waals surface area (Å²) in [5.41, 5.74) is 1.28. The number of benzene rings is 1. The molecule has 1 fully saturated rings. The molecule has 0 spiro atoms. The van der Waals surface area contributed by atoms with Crippen molar-refractivity contribution in [2.75, 3.05) is 19.3 Å². The van der Waals surface area contributed by atoms with Gasteiger partial charge in [-0.1, -0.05) is 28.9 Å². The van der Waals surface area contributed by atoms with E-state index in [2.05, 4.69) is 52.2 Å². The van der Waals surface area contributed by atoms with Crippen LogP contribution in [0.4, 0.5) is 0 Å². The number of hydrogen-bond donors (Lipinski definition) is 1. The van der Waals surface area contributed by atoms with Crippen molar-refractivity contribution in [3.05, 3.63) is 28.2 Å². The van der Waals surface area contributed by atoms with Crippen molar-refractivity contribution in [2.24, 2.45) is 11.8 Å². The lowest BCUT2D eigenvalue weighted by Crippen LogP contribution is -2.42. The minimum absolute atomic E-state index is 0.230. The highest BCUT2D eigenvalue weighted by Crippen LogP contribution is 2.28. The summed E-state index contributed by atoms with van der Waals surface area (Å²) in [6, 6.07) is 6.31. The number of carboxylic acid groups (broad SMARTS) is 1. The van der Waals surface area contributed by atoms with E-state index in [4.69, 9.17) is 0 Å². The average molecular weight is 358 g/mol. The summed E-state index contributed by atoms with van der Waals surface area (Å²) >= 11 is 5.23. The molecule has 0 radical (unpaired) electrons. The number of hydrogen-bond acceptors (Lipinski definition) is 3. The molecule has 1 aliphatic rings. The molecule has 3 nitrogen and oxygen atoms in total. The Bertz CT molecular complexity index is 495. The molecule has 0 aliphatic carbocycles. The Kier molecular flexibility index (Phi) is 5.52. The van der Waals surface area contributed by atoms with E-state index in [1.54, 1.807) is 11.8 Å². The van der Waals surface area contributed by atoms with E-state index in [1.807, 2.05) is 0 Å². The van der Waals surface area contributed by atoms with Crippen molar-refractivity contribution in [3.8, 4) is 0 Å². The molecule has 1 N–H and O–H groups in total. The van der Waals surface area contributed by atoms with Crippen molar-refractivity contribution < 1.29 is 9.90 Å². The van der Waals surface area contributed by atoms with Crippen molar-refractivity contribution in [3.63, 3.8) is 0 Å². The van der Waals surface area contributed by atoms with Crippen LogP contribution in [0.1, 0.15) is 18.9 Å². The third-order valence-electron chi connectivity index (χ3n) is 3.73. The highest BCUT2D eigenvalue weighted by Gasteiger charge is 2.29. The minimum Gasteiger partial charge on any atom is -0.481 e. The largest absolute Gasteiger partial charge is 0.481 e. The monoisotopic (exact) mass is 357 g/mol. The van der Waals surface area contributed by atoms with Crippen LogP contribution in [0.2, 0.25) is 0 Å². The van der Waals surface area contributed by atoms with E-state index >= 15 is 0 Å². The zero-order chi connectivity index (χ0) is 14.7. The molecule has 1 aliphatic heterocycles. The second-order valence-corrected chi connectivity index (χ2v) is 7.29. The number of halogens is 1. The molecule has 0 saturated carbocycles. The molecule has 0 amide bonds. The standard InChI is InChI=1S/C15H20BrNO2S/c1-10-5-12(15(18)19)9-17(7-10)8-11-3-4-13(16)6-14(11)20-2/h3-4,6,10,12H,5,7-9H2,1-2H3,(H,18,19). The van der Waals surface area contributed by atoms with Gasteiger partial charge < -0.3 is 5.11 Å². The van der Waals surface area contributed by atoms with Gasteiger partial charge in [-0.3, -0.25) is 9.69 Å². The Labute approximate surface area is 132 Å². The molecule has 5 heteroatoms. The fraction of sp³-hybridized carbons (Fsp3) is 0.533. The van der Waals surface area contributed by atoms with Gasteiger partial charge in [-0.05, 0) is 36.3 Å². The third kappa shape index (κ3) is 3.99. The molecule has 110 valence electrons. The van der Waals surface area contributed by atoms with E-state index < -0.39 is 5.97 Å². The molecule has 0 aromatic heterocycles. The molecule has 2 rings (SSSR count). The molecule has 20 heavy (non-hydrogen) atoms. The Morgan fingerprint density at radius 3 is 2.90 bits per heavy atom.